The molecule has 0 bridgehead atoms. The number of aromatic nitrogens is 9. The largest absolute Gasteiger partial charge is 0.361 e. The molecule has 5 N–H and O–H groups in total. The van der Waals surface area contributed by atoms with Gasteiger partial charge in [-0.1, -0.05) is 35.3 Å². The molecule has 19 nitrogen and oxygen atoms in total. The van der Waals surface area contributed by atoms with E-state index in [0.717, 1.165) is 119 Å². The number of anilines is 15. The predicted molar refractivity (Wildman–Crippen MR) is 425 cm³/mol. The minimum absolute atomic E-state index is 0.0141. The van der Waals surface area contributed by atoms with Crippen LogP contribution in [0.5, 0.6) is 0 Å². The summed E-state index contributed by atoms with van der Waals surface area (Å²) in [5.74, 6) is 5.11. The van der Waals surface area contributed by atoms with E-state index in [9.17, 15) is 4.39 Å². The van der Waals surface area contributed by atoms with Crippen molar-refractivity contribution in [2.24, 2.45) is 21.1 Å². The maximum atomic E-state index is 13.6. The van der Waals surface area contributed by atoms with Crippen molar-refractivity contribution in [3.63, 3.8) is 0 Å². The first kappa shape index (κ1) is 73.9. The van der Waals surface area contributed by atoms with Gasteiger partial charge in [-0.2, -0.15) is 20.4 Å². The lowest BCUT2D eigenvalue weighted by Crippen LogP contribution is -2.40. The minimum Gasteiger partial charge on any atom is -0.361 e. The smallest absolute Gasteiger partial charge is 0.133 e. The normalized spacial score (nSPS) is 14.3. The zero-order chi connectivity index (χ0) is 73.9. The zero-order valence-electron chi connectivity index (χ0n) is 64.0. The first-order chi connectivity index (χ1) is 47.9. The summed E-state index contributed by atoms with van der Waals surface area (Å²) in [5, 5.41) is 36.7. The van der Waals surface area contributed by atoms with E-state index in [4.69, 9.17) is 23.2 Å². The van der Waals surface area contributed by atoms with Gasteiger partial charge in [0.15, 0.2) is 0 Å². The molecule has 15 rings (SSSR count). The molecule has 10 heterocycles. The van der Waals surface area contributed by atoms with Crippen LogP contribution in [0.3, 0.4) is 0 Å². The molecular weight excluding hydrogens is 1320 g/mol. The summed E-state index contributed by atoms with van der Waals surface area (Å²) in [4.78, 5) is 11.9. The van der Waals surface area contributed by atoms with Crippen molar-refractivity contribution in [2.75, 3.05) is 51.1 Å². The Morgan fingerprint density at radius 2 is 0.657 bits per heavy atom. The number of rotatable bonds is 2. The molecule has 22 heteroatoms. The van der Waals surface area contributed by atoms with Gasteiger partial charge in [0.1, 0.15) is 34.9 Å². The number of fused-ring (bicyclic) bond motifs is 10. The standard InChI is InChI=1S/C17H24N4.C16H21ClN4.C16H20FN3.C16H22N4.C15H19ClN4/c1-6-21-16-13(10-18-21)11-20(17(3,4)5)15-8-7-12(2)9-14(15)19-16;1-5-21-15-11(9-18-21)10-20(16(2,3)4)14-7-6-12(17)8-13(14)19-15;1-16(2,3)20-10-11-7-8-19(4)15(11)18-13-9-12(17)5-6-14(13)20;1-11-6-7-14-13(8-11)18-15-12(9-17-19(15)5)10-20(14)16(2,3)4;1-15(2,3)20-9-10-8-17-19(4)14(10)18-12-7-11(16)5-6-13(12)20/h7-10,19H,6,11H2,1-5H3;6-9,19H,5,10H2,1-4H3;5-9,18H,10H2,1-4H3;6-9,18H,10H2,1-5H3;5-8,18H,9H2,1-4H3. The van der Waals surface area contributed by atoms with Gasteiger partial charge in [-0.3, -0.25) is 9.36 Å². The van der Waals surface area contributed by atoms with E-state index in [-0.39, 0.29) is 33.5 Å². The van der Waals surface area contributed by atoms with Gasteiger partial charge in [0, 0.05) is 139 Å². The highest BCUT2D eigenvalue weighted by Crippen LogP contribution is 2.46. The van der Waals surface area contributed by atoms with Gasteiger partial charge < -0.3 is 55.7 Å². The van der Waals surface area contributed by atoms with E-state index < -0.39 is 0 Å². The van der Waals surface area contributed by atoms with E-state index in [1.807, 2.05) is 106 Å². The number of benzene rings is 5. The molecule has 542 valence electrons. The molecule has 10 aromatic rings. The third-order valence-electron chi connectivity index (χ3n) is 19.2. The van der Waals surface area contributed by atoms with Crippen LogP contribution < -0.4 is 51.1 Å². The number of nitrogens with zero attached hydrogens (tertiary/aromatic N) is 14. The highest BCUT2D eigenvalue weighted by atomic mass is 35.5. The second-order valence-electron chi connectivity index (χ2n) is 32.2. The molecule has 0 fully saturated rings. The molecule has 0 unspecified atom stereocenters. The average molecular weight is 1420 g/mol. The average Bonchev–Trinajstić information content (AvgIpc) is 1.64. The molecule has 102 heavy (non-hydrogen) atoms. The number of halogens is 3. The summed E-state index contributed by atoms with van der Waals surface area (Å²) in [6, 6.07) is 32.3. The molecule has 0 saturated heterocycles. The summed E-state index contributed by atoms with van der Waals surface area (Å²) in [6.45, 7) is 47.8. The fraction of sp³-hybridized carbons (Fsp3) is 0.425. The third kappa shape index (κ3) is 15.8. The fourth-order valence-corrected chi connectivity index (χ4v) is 14.0. The number of aryl methyl sites for hydroxylation is 7. The molecular formula is C80H106Cl2FN19. The van der Waals surface area contributed by atoms with Crippen LogP contribution in [-0.4, -0.2) is 71.4 Å². The Bertz CT molecular complexity index is 4250. The molecule has 0 amide bonds. The third-order valence-corrected chi connectivity index (χ3v) is 19.7. The number of nitrogens with one attached hydrogen (secondary N) is 5. The minimum atomic E-state index is -0.220. The van der Waals surface area contributed by atoms with Crippen molar-refractivity contribution in [1.29, 1.82) is 0 Å². The van der Waals surface area contributed by atoms with Crippen LogP contribution in [-0.2, 0) is 67.0 Å². The Morgan fingerprint density at radius 1 is 0.363 bits per heavy atom. The molecule has 0 atom stereocenters. The number of hydrogen-bond acceptors (Lipinski definition) is 14. The Hall–Kier alpha value is -9.27. The van der Waals surface area contributed by atoms with Gasteiger partial charge in [-0.25, -0.2) is 13.8 Å². The van der Waals surface area contributed by atoms with Gasteiger partial charge in [0.2, 0.25) is 0 Å². The van der Waals surface area contributed by atoms with Crippen molar-refractivity contribution in [2.45, 2.75) is 205 Å². The van der Waals surface area contributed by atoms with Crippen molar-refractivity contribution in [1.82, 2.24) is 43.7 Å². The zero-order valence-corrected chi connectivity index (χ0v) is 65.5. The van der Waals surface area contributed by atoms with Crippen molar-refractivity contribution < 1.29 is 4.39 Å². The maximum absolute atomic E-state index is 13.6. The summed E-state index contributed by atoms with van der Waals surface area (Å²) < 4.78 is 23.4. The molecule has 0 aliphatic carbocycles. The molecule has 0 saturated carbocycles. The van der Waals surface area contributed by atoms with Crippen LogP contribution in [0.4, 0.5) is 90.4 Å². The number of hydrogen-bond donors (Lipinski definition) is 5. The molecule has 0 spiro atoms. The predicted octanol–water partition coefficient (Wildman–Crippen LogP) is 20.0. The van der Waals surface area contributed by atoms with Gasteiger partial charge in [0.25, 0.3) is 0 Å². The SMILES string of the molecule is CCn1ncc2c1Nc1cc(C)ccc1N(C(C)(C)C)C2.CCn1ncc2c1Nc1cc(Cl)ccc1N(C(C)(C)C)C2.Cc1ccc2c(c1)Nc1c(cnn1C)CN2C(C)(C)C.Cn1ccc2c1Nc1cc(F)ccc1N(C(C)(C)C)C2.Cn1ncc2c1Nc1cc(Cl)ccc1N(C(C)(C)C)C2. The molecule has 5 aliphatic rings. The van der Waals surface area contributed by atoms with E-state index >= 15 is 0 Å². The van der Waals surface area contributed by atoms with Crippen LogP contribution in [0, 0.1) is 19.7 Å². The summed E-state index contributed by atoms with van der Waals surface area (Å²) in [5.41, 5.74) is 19.8. The van der Waals surface area contributed by atoms with Crippen molar-refractivity contribution in [3.05, 3.63) is 183 Å². The van der Waals surface area contributed by atoms with Crippen molar-refractivity contribution >= 4 is 109 Å². The van der Waals surface area contributed by atoms with Gasteiger partial charge in [-0.15, -0.1) is 0 Å². The molecule has 0 radical (unpaired) electrons. The van der Waals surface area contributed by atoms with Gasteiger partial charge >= 0.3 is 0 Å². The Balaban J connectivity index is 0.000000128. The highest BCUT2D eigenvalue weighted by Gasteiger charge is 2.35. The van der Waals surface area contributed by atoms with Crippen LogP contribution in [0.15, 0.2) is 128 Å². The highest BCUT2D eigenvalue weighted by molar-refractivity contribution is 6.31. The van der Waals surface area contributed by atoms with Crippen molar-refractivity contribution in [3.8, 4) is 0 Å². The summed E-state index contributed by atoms with van der Waals surface area (Å²) >= 11 is 12.3. The fourth-order valence-electron chi connectivity index (χ4n) is 13.7. The summed E-state index contributed by atoms with van der Waals surface area (Å²) in [6.07, 6.45) is 9.86. The van der Waals surface area contributed by atoms with E-state index in [2.05, 4.69) is 258 Å². The molecule has 5 aromatic heterocycles. The monoisotopic (exact) mass is 1420 g/mol. The van der Waals surface area contributed by atoms with Crippen LogP contribution in [0.25, 0.3) is 0 Å². The molecule has 5 aliphatic heterocycles. The van der Waals surface area contributed by atoms with E-state index in [1.54, 1.807) is 6.07 Å². The quantitative estimate of drug-likeness (QED) is 0.112. The second kappa shape index (κ2) is 28.5. The lowest BCUT2D eigenvalue weighted by molar-refractivity contribution is 0.502. The molecule has 5 aromatic carbocycles. The Labute approximate surface area is 614 Å². The van der Waals surface area contributed by atoms with Gasteiger partial charge in [0.05, 0.1) is 81.7 Å². The van der Waals surface area contributed by atoms with Crippen LogP contribution in [0.2, 0.25) is 10.0 Å². The van der Waals surface area contributed by atoms with Crippen LogP contribution >= 0.6 is 23.2 Å². The lowest BCUT2D eigenvalue weighted by atomic mass is 10.0. The Kier molecular flexibility index (Phi) is 20.7. The first-order valence-electron chi connectivity index (χ1n) is 35.5. The van der Waals surface area contributed by atoms with E-state index in [0.29, 0.717) is 0 Å². The maximum Gasteiger partial charge on any atom is 0.133 e. The second-order valence-corrected chi connectivity index (χ2v) is 33.1. The summed E-state index contributed by atoms with van der Waals surface area (Å²) in [7, 11) is 5.93. The van der Waals surface area contributed by atoms with Crippen LogP contribution in [0.1, 0.15) is 157 Å². The van der Waals surface area contributed by atoms with E-state index in [1.165, 1.54) is 67.8 Å². The first-order valence-corrected chi connectivity index (χ1v) is 36.2. The van der Waals surface area contributed by atoms with Gasteiger partial charge in [-0.05, 0) is 228 Å². The Morgan fingerprint density at radius 3 is 1.02 bits per heavy atom. The topological polar surface area (TPSA) is 153 Å². The lowest BCUT2D eigenvalue weighted by Gasteiger charge is -2.37.